The smallest absolute Gasteiger partial charge is 0.258 e. The third-order valence-electron chi connectivity index (χ3n) is 2.35. The van der Waals surface area contributed by atoms with Gasteiger partial charge in [-0.2, -0.15) is 0 Å². The number of nitrogens with one attached hydrogen (secondary N) is 1. The van der Waals surface area contributed by atoms with Crippen LogP contribution >= 0.6 is 59.1 Å². The second kappa shape index (κ2) is 7.59. The summed E-state index contributed by atoms with van der Waals surface area (Å²) in [7, 11) is 0. The molecule has 0 bridgehead atoms. The highest BCUT2D eigenvalue weighted by Crippen LogP contribution is 2.36. The summed E-state index contributed by atoms with van der Waals surface area (Å²) in [5.41, 5.74) is 0. The molecule has 2 rings (SSSR count). The van der Waals surface area contributed by atoms with E-state index in [0.717, 1.165) is 18.3 Å². The molecule has 3 nitrogen and oxygen atoms in total. The van der Waals surface area contributed by atoms with E-state index in [0.29, 0.717) is 12.3 Å². The van der Waals surface area contributed by atoms with Crippen LogP contribution < -0.4 is 10.1 Å². The average Bonchev–Trinajstić information content (AvgIpc) is 2.88. The normalized spacial score (nSPS) is 10.3. The lowest BCUT2D eigenvalue weighted by molar-refractivity contribution is -0.123. The van der Waals surface area contributed by atoms with Crippen LogP contribution in [0.3, 0.4) is 0 Å². The number of hydrogen-bond acceptors (Lipinski definition) is 3. The Labute approximate surface area is 146 Å². The molecule has 20 heavy (non-hydrogen) atoms. The topological polar surface area (TPSA) is 38.3 Å². The predicted molar refractivity (Wildman–Crippen MR) is 91.2 cm³/mol. The first-order chi connectivity index (χ1) is 9.56. The summed E-state index contributed by atoms with van der Waals surface area (Å²) >= 11 is 11.8. The van der Waals surface area contributed by atoms with Crippen molar-refractivity contribution in [2.75, 3.05) is 6.61 Å². The van der Waals surface area contributed by atoms with E-state index in [4.69, 9.17) is 4.74 Å². The molecule has 0 saturated carbocycles. The van der Waals surface area contributed by atoms with E-state index in [1.165, 1.54) is 0 Å². The Balaban J connectivity index is 1.87. The van der Waals surface area contributed by atoms with Gasteiger partial charge >= 0.3 is 0 Å². The number of thiophene rings is 1. The monoisotopic (exact) mass is 481 g/mol. The molecule has 106 valence electrons. The molecule has 1 heterocycles. The highest BCUT2D eigenvalue weighted by atomic mass is 79.9. The van der Waals surface area contributed by atoms with Crippen LogP contribution in [0.4, 0.5) is 0 Å². The fourth-order valence-corrected chi connectivity index (χ4v) is 4.59. The zero-order valence-electron chi connectivity index (χ0n) is 10.2. The maximum Gasteiger partial charge on any atom is 0.258 e. The Kier molecular flexibility index (Phi) is 6.07. The van der Waals surface area contributed by atoms with E-state index in [9.17, 15) is 4.79 Å². The van der Waals surface area contributed by atoms with Gasteiger partial charge in [0.1, 0.15) is 5.75 Å². The minimum absolute atomic E-state index is 0.0236. The molecule has 1 amide bonds. The molecule has 7 heteroatoms. The molecule has 0 radical (unpaired) electrons. The lowest BCUT2D eigenvalue weighted by Gasteiger charge is -2.10. The Hall–Kier alpha value is -0.370. The van der Waals surface area contributed by atoms with Crippen molar-refractivity contribution in [2.45, 2.75) is 6.54 Å². The van der Waals surface area contributed by atoms with E-state index < -0.39 is 0 Å². The molecule has 1 aromatic carbocycles. The number of carbonyl (C=O) groups excluding carboxylic acids is 1. The number of carbonyl (C=O) groups is 1. The Morgan fingerprint density at radius 3 is 2.55 bits per heavy atom. The van der Waals surface area contributed by atoms with Crippen molar-refractivity contribution in [1.29, 1.82) is 0 Å². The van der Waals surface area contributed by atoms with Gasteiger partial charge in [0.25, 0.3) is 5.91 Å². The summed E-state index contributed by atoms with van der Waals surface area (Å²) in [4.78, 5) is 12.8. The van der Waals surface area contributed by atoms with Crippen molar-refractivity contribution < 1.29 is 9.53 Å². The zero-order valence-corrected chi connectivity index (χ0v) is 15.7. The van der Waals surface area contributed by atoms with Gasteiger partial charge in [-0.25, -0.2) is 0 Å². The second-order valence-electron chi connectivity index (χ2n) is 3.84. The van der Waals surface area contributed by atoms with Gasteiger partial charge in [-0.05, 0) is 55.4 Å². The lowest BCUT2D eigenvalue weighted by atomic mass is 10.3. The van der Waals surface area contributed by atoms with E-state index in [-0.39, 0.29) is 12.5 Å². The Bertz CT molecular complexity index is 579. The zero-order chi connectivity index (χ0) is 14.5. The molecule has 0 aliphatic carbocycles. The first kappa shape index (κ1) is 16.0. The fourth-order valence-electron chi connectivity index (χ4n) is 1.45. The summed E-state index contributed by atoms with van der Waals surface area (Å²) in [6.07, 6.45) is 0. The van der Waals surface area contributed by atoms with Crippen LogP contribution in [0.25, 0.3) is 0 Å². The van der Waals surface area contributed by atoms with Crippen molar-refractivity contribution in [3.8, 4) is 5.75 Å². The van der Waals surface area contributed by atoms with Crippen molar-refractivity contribution in [2.24, 2.45) is 0 Å². The molecule has 0 unspecified atom stereocenters. The second-order valence-corrected chi connectivity index (χ2v) is 7.50. The SMILES string of the molecule is O=C(COc1c(Br)cc(Br)cc1Br)NCc1cccs1. The molecule has 0 fully saturated rings. The molecule has 0 atom stereocenters. The predicted octanol–water partition coefficient (Wildman–Crippen LogP) is 4.73. The van der Waals surface area contributed by atoms with Crippen LogP contribution in [0, 0.1) is 0 Å². The van der Waals surface area contributed by atoms with Crippen LogP contribution in [-0.2, 0) is 11.3 Å². The quantitative estimate of drug-likeness (QED) is 0.667. The van der Waals surface area contributed by atoms with Gasteiger partial charge in [-0.15, -0.1) is 11.3 Å². The van der Waals surface area contributed by atoms with Crippen molar-refractivity contribution >= 4 is 65.0 Å². The molecule has 0 spiro atoms. The summed E-state index contributed by atoms with van der Waals surface area (Å²) in [5, 5.41) is 4.79. The van der Waals surface area contributed by atoms with Gasteiger partial charge < -0.3 is 10.1 Å². The standard InChI is InChI=1S/C13H10Br3NO2S/c14-8-4-10(15)13(11(16)5-8)19-7-12(18)17-6-9-2-1-3-20-9/h1-5H,6-7H2,(H,17,18). The van der Waals surface area contributed by atoms with E-state index in [1.54, 1.807) is 11.3 Å². The lowest BCUT2D eigenvalue weighted by Crippen LogP contribution is -2.28. The summed E-state index contributed by atoms with van der Waals surface area (Å²) in [5.74, 6) is 0.458. The molecule has 2 aromatic rings. The molecular formula is C13H10Br3NO2S. The maximum atomic E-state index is 11.7. The highest BCUT2D eigenvalue weighted by molar-refractivity contribution is 9.11. The third-order valence-corrected chi connectivity index (χ3v) is 4.86. The van der Waals surface area contributed by atoms with Crippen molar-refractivity contribution in [1.82, 2.24) is 5.32 Å². The molecular weight excluding hydrogens is 474 g/mol. The van der Waals surface area contributed by atoms with Crippen LogP contribution in [0.2, 0.25) is 0 Å². The van der Waals surface area contributed by atoms with Crippen LogP contribution in [-0.4, -0.2) is 12.5 Å². The van der Waals surface area contributed by atoms with Gasteiger partial charge in [-0.1, -0.05) is 22.0 Å². The van der Waals surface area contributed by atoms with E-state index >= 15 is 0 Å². The van der Waals surface area contributed by atoms with Crippen molar-refractivity contribution in [3.63, 3.8) is 0 Å². The number of rotatable bonds is 5. The molecule has 1 N–H and O–H groups in total. The van der Waals surface area contributed by atoms with Crippen LogP contribution in [0.15, 0.2) is 43.1 Å². The van der Waals surface area contributed by atoms with Gasteiger partial charge in [-0.3, -0.25) is 4.79 Å². The first-order valence-corrected chi connectivity index (χ1v) is 8.88. The number of amides is 1. The number of hydrogen-bond donors (Lipinski definition) is 1. The number of benzene rings is 1. The average molecular weight is 484 g/mol. The Morgan fingerprint density at radius 1 is 1.25 bits per heavy atom. The summed E-state index contributed by atoms with van der Waals surface area (Å²) < 4.78 is 8.02. The fraction of sp³-hybridized carbons (Fsp3) is 0.154. The Morgan fingerprint density at radius 2 is 1.95 bits per heavy atom. The van der Waals surface area contributed by atoms with Crippen molar-refractivity contribution in [3.05, 3.63) is 47.9 Å². The van der Waals surface area contributed by atoms with E-state index in [1.807, 2.05) is 29.6 Å². The van der Waals surface area contributed by atoms with Crippen LogP contribution in [0.1, 0.15) is 4.88 Å². The maximum absolute atomic E-state index is 11.7. The largest absolute Gasteiger partial charge is 0.481 e. The van der Waals surface area contributed by atoms with Gasteiger partial charge in [0.05, 0.1) is 15.5 Å². The highest BCUT2D eigenvalue weighted by Gasteiger charge is 2.10. The van der Waals surface area contributed by atoms with Gasteiger partial charge in [0.15, 0.2) is 6.61 Å². The number of ether oxygens (including phenoxy) is 1. The molecule has 0 aliphatic rings. The molecule has 0 saturated heterocycles. The van der Waals surface area contributed by atoms with Gasteiger partial charge in [0, 0.05) is 9.35 Å². The van der Waals surface area contributed by atoms with Gasteiger partial charge in [0.2, 0.25) is 0 Å². The minimum Gasteiger partial charge on any atom is -0.481 e. The van der Waals surface area contributed by atoms with E-state index in [2.05, 4.69) is 53.1 Å². The molecule has 1 aromatic heterocycles. The third kappa shape index (κ3) is 4.58. The summed E-state index contributed by atoms with van der Waals surface area (Å²) in [6.45, 7) is 0.507. The minimum atomic E-state index is -0.153. The number of halogens is 3. The first-order valence-electron chi connectivity index (χ1n) is 5.62. The van der Waals surface area contributed by atoms with Crippen LogP contribution in [0.5, 0.6) is 5.75 Å². The molecule has 0 aliphatic heterocycles. The summed E-state index contributed by atoms with van der Waals surface area (Å²) in [6, 6.07) is 7.67.